The highest BCUT2D eigenvalue weighted by Gasteiger charge is 2.32. The molecule has 1 aliphatic rings. The highest BCUT2D eigenvalue weighted by Crippen LogP contribution is 2.29. The van der Waals surface area contributed by atoms with E-state index >= 15 is 0 Å². The number of aromatic nitrogens is 1. The Bertz CT molecular complexity index is 530. The molecule has 0 saturated carbocycles. The maximum absolute atomic E-state index is 11.9. The average Bonchev–Trinajstić information content (AvgIpc) is 2.87. The van der Waals surface area contributed by atoms with Crippen LogP contribution >= 0.6 is 23.1 Å². The lowest BCUT2D eigenvalue weighted by atomic mass is 10.4. The molecule has 1 N–H and O–H groups in total. The van der Waals surface area contributed by atoms with Crippen LogP contribution in [0.3, 0.4) is 0 Å². The van der Waals surface area contributed by atoms with Crippen molar-refractivity contribution in [1.29, 1.82) is 0 Å². The summed E-state index contributed by atoms with van der Waals surface area (Å²) in [5.74, 6) is 1.58. The number of rotatable bonds is 6. The quantitative estimate of drug-likeness (QED) is 0.796. The molecule has 1 saturated heterocycles. The third-order valence-corrected chi connectivity index (χ3v) is 6.67. The zero-order valence-electron chi connectivity index (χ0n) is 11.8. The van der Waals surface area contributed by atoms with Crippen LogP contribution in [0.2, 0.25) is 0 Å². The van der Waals surface area contributed by atoms with Crippen LogP contribution in [0, 0.1) is 0 Å². The first-order valence-electron chi connectivity index (χ1n) is 6.70. The van der Waals surface area contributed by atoms with Crippen LogP contribution < -0.4 is 10.2 Å². The van der Waals surface area contributed by atoms with E-state index in [1.807, 2.05) is 10.3 Å². The van der Waals surface area contributed by atoms with Gasteiger partial charge in [0, 0.05) is 36.2 Å². The summed E-state index contributed by atoms with van der Waals surface area (Å²) < 4.78 is 23.8. The molecule has 2 heterocycles. The molecule has 0 radical (unpaired) electrons. The standard InChI is InChI=1S/C12H21N3O2S3/c1-3-4-13-7-10-8-19-12(14-10)15-5-6-18-9-11(15)20(2,16)17/h8,11,13H,3-7,9H2,1-2H3. The molecule has 0 amide bonds. The van der Waals surface area contributed by atoms with Crippen molar-refractivity contribution in [3.05, 3.63) is 11.1 Å². The molecule has 2 rings (SSSR count). The summed E-state index contributed by atoms with van der Waals surface area (Å²) in [6.45, 7) is 4.59. The van der Waals surface area contributed by atoms with Crippen molar-refractivity contribution in [2.45, 2.75) is 25.3 Å². The van der Waals surface area contributed by atoms with E-state index in [1.54, 1.807) is 11.8 Å². The summed E-state index contributed by atoms with van der Waals surface area (Å²) in [6, 6.07) is 0. The first-order valence-corrected chi connectivity index (χ1v) is 10.7. The Balaban J connectivity index is 2.09. The van der Waals surface area contributed by atoms with E-state index < -0.39 is 15.2 Å². The minimum atomic E-state index is -3.08. The van der Waals surface area contributed by atoms with Crippen molar-refractivity contribution in [2.24, 2.45) is 0 Å². The van der Waals surface area contributed by atoms with Gasteiger partial charge >= 0.3 is 0 Å². The molecule has 0 aromatic carbocycles. The Hall–Kier alpha value is -0.310. The van der Waals surface area contributed by atoms with Gasteiger partial charge in [-0.05, 0) is 13.0 Å². The van der Waals surface area contributed by atoms with E-state index in [9.17, 15) is 8.42 Å². The fourth-order valence-corrected chi connectivity index (χ4v) is 5.84. The molecule has 0 bridgehead atoms. The largest absolute Gasteiger partial charge is 0.330 e. The molecular formula is C12H21N3O2S3. The summed E-state index contributed by atoms with van der Waals surface area (Å²) in [5, 5.41) is 5.71. The van der Waals surface area contributed by atoms with Crippen LogP contribution in [0.15, 0.2) is 5.38 Å². The van der Waals surface area contributed by atoms with E-state index in [4.69, 9.17) is 0 Å². The van der Waals surface area contributed by atoms with Crippen molar-refractivity contribution in [2.75, 3.05) is 35.8 Å². The Morgan fingerprint density at radius 2 is 2.35 bits per heavy atom. The lowest BCUT2D eigenvalue weighted by molar-refractivity contribution is 0.584. The van der Waals surface area contributed by atoms with Gasteiger partial charge in [0.15, 0.2) is 15.0 Å². The normalized spacial score (nSPS) is 20.3. The smallest absolute Gasteiger partial charge is 0.186 e. The molecule has 1 fully saturated rings. The van der Waals surface area contributed by atoms with Gasteiger partial charge in [-0.2, -0.15) is 11.8 Å². The second-order valence-corrected chi connectivity index (χ2v) is 9.04. The average molecular weight is 336 g/mol. The number of hydrogen-bond donors (Lipinski definition) is 1. The second kappa shape index (κ2) is 7.11. The van der Waals surface area contributed by atoms with Gasteiger partial charge in [-0.15, -0.1) is 11.3 Å². The summed E-state index contributed by atoms with van der Waals surface area (Å²) in [5.41, 5.74) is 0.990. The molecular weight excluding hydrogens is 314 g/mol. The zero-order chi connectivity index (χ0) is 14.6. The first-order chi connectivity index (χ1) is 9.52. The number of thiazole rings is 1. The molecule has 0 aliphatic carbocycles. The molecule has 1 atom stereocenters. The van der Waals surface area contributed by atoms with E-state index in [0.717, 1.165) is 42.6 Å². The van der Waals surface area contributed by atoms with Crippen molar-refractivity contribution >= 4 is 38.1 Å². The molecule has 5 nitrogen and oxygen atoms in total. The number of anilines is 1. The van der Waals surface area contributed by atoms with Crippen molar-refractivity contribution in [3.8, 4) is 0 Å². The van der Waals surface area contributed by atoms with Crippen molar-refractivity contribution < 1.29 is 8.42 Å². The second-order valence-electron chi connectivity index (χ2n) is 4.85. The molecule has 114 valence electrons. The Kier molecular flexibility index (Phi) is 5.71. The Labute approximate surface area is 129 Å². The van der Waals surface area contributed by atoms with Crippen LogP contribution in [0.5, 0.6) is 0 Å². The van der Waals surface area contributed by atoms with Gasteiger partial charge in [0.05, 0.1) is 5.69 Å². The lowest BCUT2D eigenvalue weighted by Gasteiger charge is -2.33. The maximum Gasteiger partial charge on any atom is 0.186 e. The van der Waals surface area contributed by atoms with Gasteiger partial charge < -0.3 is 10.2 Å². The topological polar surface area (TPSA) is 62.3 Å². The monoisotopic (exact) mass is 335 g/mol. The fraction of sp³-hybridized carbons (Fsp3) is 0.750. The van der Waals surface area contributed by atoms with E-state index in [0.29, 0.717) is 5.75 Å². The van der Waals surface area contributed by atoms with Crippen LogP contribution in [0.1, 0.15) is 19.0 Å². The fourth-order valence-electron chi connectivity index (χ4n) is 2.06. The molecule has 1 aromatic heterocycles. The molecule has 1 aromatic rings. The SMILES string of the molecule is CCCNCc1csc(N2CCSCC2S(C)(=O)=O)n1. The maximum atomic E-state index is 11.9. The Morgan fingerprint density at radius 1 is 1.55 bits per heavy atom. The molecule has 8 heteroatoms. The van der Waals surface area contributed by atoms with Gasteiger partial charge in [-0.25, -0.2) is 13.4 Å². The summed E-state index contributed by atoms with van der Waals surface area (Å²) >= 11 is 3.23. The third-order valence-electron chi connectivity index (χ3n) is 3.10. The minimum Gasteiger partial charge on any atom is -0.330 e. The number of nitrogens with zero attached hydrogens (tertiary/aromatic N) is 2. The van der Waals surface area contributed by atoms with Crippen LogP contribution in [0.4, 0.5) is 5.13 Å². The lowest BCUT2D eigenvalue weighted by Crippen LogP contribution is -2.47. The van der Waals surface area contributed by atoms with Gasteiger partial charge in [-0.1, -0.05) is 6.92 Å². The van der Waals surface area contributed by atoms with Crippen LogP contribution in [0.25, 0.3) is 0 Å². The highest BCUT2D eigenvalue weighted by molar-refractivity contribution is 8.01. The number of hydrogen-bond acceptors (Lipinski definition) is 7. The predicted octanol–water partition coefficient (Wildman–Crippen LogP) is 1.57. The minimum absolute atomic E-state index is 0.441. The van der Waals surface area contributed by atoms with Crippen molar-refractivity contribution in [1.82, 2.24) is 10.3 Å². The van der Waals surface area contributed by atoms with Gasteiger partial charge in [0.2, 0.25) is 0 Å². The highest BCUT2D eigenvalue weighted by atomic mass is 32.2. The molecule has 1 unspecified atom stereocenters. The molecule has 20 heavy (non-hydrogen) atoms. The predicted molar refractivity (Wildman–Crippen MR) is 87.4 cm³/mol. The van der Waals surface area contributed by atoms with E-state index in [2.05, 4.69) is 17.2 Å². The van der Waals surface area contributed by atoms with E-state index in [-0.39, 0.29) is 0 Å². The molecule has 0 spiro atoms. The molecule has 1 aliphatic heterocycles. The summed E-state index contributed by atoms with van der Waals surface area (Å²) in [7, 11) is -3.08. The Morgan fingerprint density at radius 3 is 3.05 bits per heavy atom. The number of sulfone groups is 1. The van der Waals surface area contributed by atoms with Crippen LogP contribution in [-0.2, 0) is 16.4 Å². The van der Waals surface area contributed by atoms with Gasteiger partial charge in [0.25, 0.3) is 0 Å². The number of thioether (sulfide) groups is 1. The van der Waals surface area contributed by atoms with Crippen molar-refractivity contribution in [3.63, 3.8) is 0 Å². The third kappa shape index (κ3) is 4.09. The summed E-state index contributed by atoms with van der Waals surface area (Å²) in [6.07, 6.45) is 2.41. The van der Waals surface area contributed by atoms with E-state index in [1.165, 1.54) is 17.6 Å². The van der Waals surface area contributed by atoms with Crippen LogP contribution in [-0.4, -0.2) is 49.6 Å². The number of nitrogens with one attached hydrogen (secondary N) is 1. The van der Waals surface area contributed by atoms with Gasteiger partial charge in [0.1, 0.15) is 5.37 Å². The summed E-state index contributed by atoms with van der Waals surface area (Å²) in [4.78, 5) is 6.52. The first kappa shape index (κ1) is 16.1. The van der Waals surface area contributed by atoms with Gasteiger partial charge in [-0.3, -0.25) is 0 Å². The zero-order valence-corrected chi connectivity index (χ0v) is 14.3.